The van der Waals surface area contributed by atoms with Crippen LogP contribution < -0.4 is 5.32 Å². The van der Waals surface area contributed by atoms with Gasteiger partial charge in [0, 0.05) is 17.2 Å². The van der Waals surface area contributed by atoms with Crippen LogP contribution in [-0.4, -0.2) is 25.6 Å². The first-order valence-electron chi connectivity index (χ1n) is 8.17. The lowest BCUT2D eigenvalue weighted by atomic mass is 10.1. The number of aryl methyl sites for hydroxylation is 1. The van der Waals surface area contributed by atoms with Crippen LogP contribution in [0.5, 0.6) is 0 Å². The highest BCUT2D eigenvalue weighted by molar-refractivity contribution is 7.90. The SMILES string of the molecule is Cc1ccc2c(CC(=O)Nc3nc4ccc(S(C)(=O)=O)cc4s3)coc2c1. The number of sulfone groups is 1. The van der Waals surface area contributed by atoms with Gasteiger partial charge in [0.2, 0.25) is 5.91 Å². The summed E-state index contributed by atoms with van der Waals surface area (Å²) in [5, 5.41) is 4.13. The zero-order chi connectivity index (χ0) is 19.2. The van der Waals surface area contributed by atoms with Crippen molar-refractivity contribution in [2.45, 2.75) is 18.2 Å². The molecular weight excluding hydrogens is 384 g/mol. The third kappa shape index (κ3) is 3.58. The molecule has 0 saturated carbocycles. The summed E-state index contributed by atoms with van der Waals surface area (Å²) < 4.78 is 29.6. The maximum Gasteiger partial charge on any atom is 0.230 e. The van der Waals surface area contributed by atoms with Crippen molar-refractivity contribution in [2.24, 2.45) is 0 Å². The summed E-state index contributed by atoms with van der Waals surface area (Å²) in [6.45, 7) is 1.98. The molecule has 6 nitrogen and oxygen atoms in total. The first kappa shape index (κ1) is 17.7. The van der Waals surface area contributed by atoms with Crippen molar-refractivity contribution < 1.29 is 17.6 Å². The predicted molar refractivity (Wildman–Crippen MR) is 106 cm³/mol. The van der Waals surface area contributed by atoms with Gasteiger partial charge in [0.15, 0.2) is 15.0 Å². The Labute approximate surface area is 159 Å². The average molecular weight is 400 g/mol. The molecule has 2 aromatic heterocycles. The fraction of sp³-hybridized carbons (Fsp3) is 0.158. The zero-order valence-corrected chi connectivity index (χ0v) is 16.3. The van der Waals surface area contributed by atoms with E-state index in [-0.39, 0.29) is 17.2 Å². The molecule has 138 valence electrons. The number of carbonyl (C=O) groups is 1. The summed E-state index contributed by atoms with van der Waals surface area (Å²) in [6.07, 6.45) is 2.93. The second-order valence-electron chi connectivity index (χ2n) is 6.41. The van der Waals surface area contributed by atoms with Crippen LogP contribution in [0.15, 0.2) is 52.0 Å². The van der Waals surface area contributed by atoms with Gasteiger partial charge in [-0.15, -0.1) is 0 Å². The second-order valence-corrected chi connectivity index (χ2v) is 9.45. The van der Waals surface area contributed by atoms with E-state index in [0.29, 0.717) is 15.3 Å². The molecule has 8 heteroatoms. The minimum absolute atomic E-state index is 0.167. The van der Waals surface area contributed by atoms with Crippen LogP contribution in [0, 0.1) is 6.92 Å². The van der Waals surface area contributed by atoms with E-state index in [1.165, 1.54) is 17.4 Å². The summed E-state index contributed by atoms with van der Waals surface area (Å²) in [4.78, 5) is 17.0. The molecule has 2 aromatic carbocycles. The Balaban J connectivity index is 1.55. The Morgan fingerprint density at radius 3 is 2.81 bits per heavy atom. The quantitative estimate of drug-likeness (QED) is 0.560. The largest absolute Gasteiger partial charge is 0.464 e. The number of hydrogen-bond donors (Lipinski definition) is 1. The van der Waals surface area contributed by atoms with E-state index < -0.39 is 9.84 Å². The number of aromatic nitrogens is 1. The van der Waals surface area contributed by atoms with E-state index in [1.54, 1.807) is 18.4 Å². The smallest absolute Gasteiger partial charge is 0.230 e. The van der Waals surface area contributed by atoms with Crippen molar-refractivity contribution in [1.82, 2.24) is 4.98 Å². The molecule has 0 aliphatic heterocycles. The topological polar surface area (TPSA) is 89.3 Å². The van der Waals surface area contributed by atoms with Crippen molar-refractivity contribution >= 4 is 53.4 Å². The van der Waals surface area contributed by atoms with Crippen LogP contribution in [0.4, 0.5) is 5.13 Å². The molecule has 1 amide bonds. The number of nitrogens with zero attached hydrogens (tertiary/aromatic N) is 1. The Morgan fingerprint density at radius 2 is 2.04 bits per heavy atom. The molecule has 0 fully saturated rings. The van der Waals surface area contributed by atoms with Crippen molar-refractivity contribution in [3.63, 3.8) is 0 Å². The standard InChI is InChI=1S/C19H16N2O4S2/c1-11-3-5-14-12(10-25-16(14)7-11)8-18(22)21-19-20-15-6-4-13(27(2,23)24)9-17(15)26-19/h3-7,9-10H,8H2,1-2H3,(H,20,21,22). The Bertz CT molecular complexity index is 1290. The number of thiazole rings is 1. The summed E-state index contributed by atoms with van der Waals surface area (Å²) >= 11 is 1.24. The van der Waals surface area contributed by atoms with Crippen molar-refractivity contribution in [1.29, 1.82) is 0 Å². The monoisotopic (exact) mass is 400 g/mol. The number of anilines is 1. The lowest BCUT2D eigenvalue weighted by Gasteiger charge is -2.00. The van der Waals surface area contributed by atoms with Crippen molar-refractivity contribution in [2.75, 3.05) is 11.6 Å². The van der Waals surface area contributed by atoms with Gasteiger partial charge in [0.05, 0.1) is 27.8 Å². The van der Waals surface area contributed by atoms with Gasteiger partial charge in [0.1, 0.15) is 5.58 Å². The van der Waals surface area contributed by atoms with Crippen LogP contribution in [0.3, 0.4) is 0 Å². The van der Waals surface area contributed by atoms with Crippen LogP contribution in [-0.2, 0) is 21.1 Å². The van der Waals surface area contributed by atoms with Crippen molar-refractivity contribution in [3.8, 4) is 0 Å². The zero-order valence-electron chi connectivity index (χ0n) is 14.6. The number of benzene rings is 2. The Kier molecular flexibility index (Phi) is 4.24. The lowest BCUT2D eigenvalue weighted by Crippen LogP contribution is -2.13. The van der Waals surface area contributed by atoms with E-state index in [1.807, 2.05) is 25.1 Å². The molecule has 0 saturated heterocycles. The van der Waals surface area contributed by atoms with Gasteiger partial charge in [-0.05, 0) is 36.8 Å². The maximum atomic E-state index is 12.4. The molecule has 0 radical (unpaired) electrons. The first-order chi connectivity index (χ1) is 12.8. The van der Waals surface area contributed by atoms with Gasteiger partial charge in [-0.3, -0.25) is 4.79 Å². The first-order valence-corrected chi connectivity index (χ1v) is 10.9. The molecule has 1 N–H and O–H groups in total. The number of amides is 1. The lowest BCUT2D eigenvalue weighted by molar-refractivity contribution is -0.115. The number of nitrogens with one attached hydrogen (secondary N) is 1. The predicted octanol–water partition coefficient (Wildman–Crippen LogP) is 3.94. The molecule has 0 aliphatic carbocycles. The van der Waals surface area contributed by atoms with Crippen LogP contribution in [0.1, 0.15) is 11.1 Å². The Hall–Kier alpha value is -2.71. The minimum atomic E-state index is -3.29. The highest BCUT2D eigenvalue weighted by Crippen LogP contribution is 2.29. The average Bonchev–Trinajstić information content (AvgIpc) is 3.16. The molecule has 0 aliphatic rings. The van der Waals surface area contributed by atoms with E-state index in [9.17, 15) is 13.2 Å². The Morgan fingerprint density at radius 1 is 1.22 bits per heavy atom. The molecular formula is C19H16N2O4S2. The number of fused-ring (bicyclic) bond motifs is 2. The third-order valence-corrected chi connectivity index (χ3v) is 6.24. The summed E-state index contributed by atoms with van der Waals surface area (Å²) in [5.74, 6) is -0.208. The number of hydrogen-bond acceptors (Lipinski definition) is 6. The van der Waals surface area contributed by atoms with Crippen LogP contribution >= 0.6 is 11.3 Å². The normalized spacial score (nSPS) is 11.9. The molecule has 27 heavy (non-hydrogen) atoms. The van der Waals surface area contributed by atoms with Crippen LogP contribution in [0.25, 0.3) is 21.2 Å². The summed E-state index contributed by atoms with van der Waals surface area (Å²) in [7, 11) is -3.29. The number of rotatable bonds is 4. The second kappa shape index (κ2) is 6.47. The fourth-order valence-electron chi connectivity index (χ4n) is 2.85. The fourth-order valence-corrected chi connectivity index (χ4v) is 4.50. The molecule has 0 unspecified atom stereocenters. The maximum absolute atomic E-state index is 12.4. The summed E-state index contributed by atoms with van der Waals surface area (Å²) in [5.41, 5.74) is 3.30. The number of carbonyl (C=O) groups excluding carboxylic acids is 1. The molecule has 4 aromatic rings. The van der Waals surface area contributed by atoms with Gasteiger partial charge < -0.3 is 9.73 Å². The van der Waals surface area contributed by atoms with Gasteiger partial charge in [-0.2, -0.15) is 0 Å². The summed E-state index contributed by atoms with van der Waals surface area (Å²) in [6, 6.07) is 10.6. The molecule has 0 spiro atoms. The molecule has 0 bridgehead atoms. The molecule has 0 atom stereocenters. The van der Waals surface area contributed by atoms with Gasteiger partial charge in [0.25, 0.3) is 0 Å². The van der Waals surface area contributed by atoms with E-state index >= 15 is 0 Å². The van der Waals surface area contributed by atoms with Crippen LogP contribution in [0.2, 0.25) is 0 Å². The minimum Gasteiger partial charge on any atom is -0.464 e. The van der Waals surface area contributed by atoms with E-state index in [2.05, 4.69) is 10.3 Å². The van der Waals surface area contributed by atoms with E-state index in [0.717, 1.165) is 28.4 Å². The van der Waals surface area contributed by atoms with Crippen molar-refractivity contribution in [3.05, 3.63) is 53.8 Å². The molecule has 2 heterocycles. The van der Waals surface area contributed by atoms with E-state index in [4.69, 9.17) is 4.42 Å². The molecule has 4 rings (SSSR count). The van der Waals surface area contributed by atoms with Gasteiger partial charge in [-0.25, -0.2) is 13.4 Å². The number of furan rings is 1. The highest BCUT2D eigenvalue weighted by atomic mass is 32.2. The van der Waals surface area contributed by atoms with Gasteiger partial charge >= 0.3 is 0 Å². The third-order valence-electron chi connectivity index (χ3n) is 4.20. The van der Waals surface area contributed by atoms with Gasteiger partial charge in [-0.1, -0.05) is 23.5 Å². The highest BCUT2D eigenvalue weighted by Gasteiger charge is 2.14.